The van der Waals surface area contributed by atoms with E-state index >= 15 is 0 Å². The average Bonchev–Trinajstić information content (AvgIpc) is 2.82. The minimum Gasteiger partial charge on any atom is -0.404 e. The predicted octanol–water partition coefficient (Wildman–Crippen LogP) is 4.14. The van der Waals surface area contributed by atoms with Crippen LogP contribution in [0.3, 0.4) is 0 Å². The lowest BCUT2D eigenvalue weighted by atomic mass is 9.98. The van der Waals surface area contributed by atoms with E-state index in [4.69, 9.17) is 4.43 Å². The number of fused-ring (bicyclic) bond motifs is 1. The van der Waals surface area contributed by atoms with Crippen LogP contribution in [0.15, 0.2) is 50.8 Å². The first-order valence-corrected chi connectivity index (χ1v) is 15.7. The van der Waals surface area contributed by atoms with Gasteiger partial charge in [-0.1, -0.05) is 65.0 Å². The maximum absolute atomic E-state index is 14.4. The van der Waals surface area contributed by atoms with Gasteiger partial charge in [0.25, 0.3) is 11.1 Å². The Bertz CT molecular complexity index is 1550. The number of aromatic nitrogens is 3. The Balaban J connectivity index is 2.08. The molecule has 2 unspecified atom stereocenters. The van der Waals surface area contributed by atoms with Gasteiger partial charge in [-0.25, -0.2) is 4.79 Å². The van der Waals surface area contributed by atoms with E-state index < -0.39 is 66.9 Å². The third-order valence-electron chi connectivity index (χ3n) is 7.30. The zero-order valence-corrected chi connectivity index (χ0v) is 24.5. The Labute approximate surface area is 229 Å². The number of nitrogens with one attached hydrogen (secondary N) is 3. The van der Waals surface area contributed by atoms with E-state index in [-0.39, 0.29) is 16.6 Å². The van der Waals surface area contributed by atoms with Crippen LogP contribution >= 0.6 is 0 Å². The molecule has 0 aliphatic heterocycles. The summed E-state index contributed by atoms with van der Waals surface area (Å²) >= 11 is 0. The zero-order valence-electron chi connectivity index (χ0n) is 23.5. The van der Waals surface area contributed by atoms with Crippen molar-refractivity contribution in [2.24, 2.45) is 5.92 Å². The van der Waals surface area contributed by atoms with Crippen molar-refractivity contribution >= 4 is 25.1 Å². The fraction of sp³-hybridized carbons (Fsp3) is 0.481. The number of amides is 1. The van der Waals surface area contributed by atoms with Gasteiger partial charge in [0.2, 0.25) is 5.91 Å². The van der Waals surface area contributed by atoms with Gasteiger partial charge >= 0.3 is 11.9 Å². The third kappa shape index (κ3) is 6.64. The zero-order chi connectivity index (χ0) is 30.2. The van der Waals surface area contributed by atoms with Crippen LogP contribution in [0.4, 0.5) is 13.2 Å². The number of hydrogen-bond acceptors (Lipinski definition) is 5. The molecule has 0 saturated heterocycles. The second-order valence-electron chi connectivity index (χ2n) is 11.7. The SMILES string of the molecule is CC(C)C(NC(=O)Cn1c(-c2ccccc2)cc2c(=O)[nH]c(=O)[nH]c2c1=O)C(O[Si](C)(C)C(C)(C)C)C(F)(F)F. The highest BCUT2D eigenvalue weighted by Gasteiger charge is 2.52. The summed E-state index contributed by atoms with van der Waals surface area (Å²) in [7, 11) is -2.91. The largest absolute Gasteiger partial charge is 0.415 e. The molecule has 1 amide bonds. The summed E-state index contributed by atoms with van der Waals surface area (Å²) in [5.41, 5.74) is -2.21. The molecule has 9 nitrogen and oxygen atoms in total. The molecule has 3 N–H and O–H groups in total. The summed E-state index contributed by atoms with van der Waals surface area (Å²) in [6.07, 6.45) is -7.04. The summed E-state index contributed by atoms with van der Waals surface area (Å²) in [4.78, 5) is 55.4. The fourth-order valence-electron chi connectivity index (χ4n) is 4.07. The number of pyridine rings is 1. The molecular formula is C27H35F3N4O5Si. The molecule has 2 heterocycles. The van der Waals surface area contributed by atoms with Crippen LogP contribution in [-0.2, 0) is 15.8 Å². The number of carbonyl (C=O) groups is 1. The Kier molecular flexibility index (Phi) is 8.70. The molecule has 0 bridgehead atoms. The lowest BCUT2D eigenvalue weighted by molar-refractivity contribution is -0.210. The number of alkyl halides is 3. The minimum atomic E-state index is -4.77. The van der Waals surface area contributed by atoms with Gasteiger partial charge in [0.1, 0.15) is 12.1 Å². The molecule has 40 heavy (non-hydrogen) atoms. The highest BCUT2D eigenvalue weighted by molar-refractivity contribution is 6.74. The van der Waals surface area contributed by atoms with Crippen LogP contribution in [0, 0.1) is 5.92 Å². The molecular weight excluding hydrogens is 545 g/mol. The third-order valence-corrected chi connectivity index (χ3v) is 11.8. The average molecular weight is 581 g/mol. The van der Waals surface area contributed by atoms with Crippen molar-refractivity contribution in [3.8, 4) is 11.3 Å². The van der Waals surface area contributed by atoms with Crippen molar-refractivity contribution in [2.75, 3.05) is 0 Å². The van der Waals surface area contributed by atoms with Crippen LogP contribution in [0.2, 0.25) is 18.1 Å². The number of aromatic amines is 2. The Hall–Kier alpha value is -3.45. The number of nitrogens with zero attached hydrogens (tertiary/aromatic N) is 1. The van der Waals surface area contributed by atoms with Gasteiger partial charge < -0.3 is 14.7 Å². The maximum Gasteiger partial charge on any atom is 0.415 e. The van der Waals surface area contributed by atoms with Crippen LogP contribution in [-0.4, -0.2) is 47.1 Å². The molecule has 2 atom stereocenters. The van der Waals surface area contributed by atoms with E-state index in [1.165, 1.54) is 6.07 Å². The van der Waals surface area contributed by atoms with Gasteiger partial charge in [0, 0.05) is 0 Å². The lowest BCUT2D eigenvalue weighted by Gasteiger charge is -2.42. The van der Waals surface area contributed by atoms with E-state index in [9.17, 15) is 32.3 Å². The van der Waals surface area contributed by atoms with Gasteiger partial charge in [0.15, 0.2) is 14.4 Å². The number of halogens is 3. The number of rotatable bonds is 8. The molecule has 218 valence electrons. The maximum atomic E-state index is 14.4. The fourth-order valence-corrected chi connectivity index (χ4v) is 5.34. The topological polar surface area (TPSA) is 126 Å². The second kappa shape index (κ2) is 11.2. The highest BCUT2D eigenvalue weighted by atomic mass is 28.4. The van der Waals surface area contributed by atoms with E-state index in [1.807, 2.05) is 20.8 Å². The summed E-state index contributed by atoms with van der Waals surface area (Å²) in [6.45, 7) is 11.3. The molecule has 0 fully saturated rings. The Morgan fingerprint density at radius 3 is 2.17 bits per heavy atom. The van der Waals surface area contributed by atoms with Crippen molar-refractivity contribution in [1.29, 1.82) is 0 Å². The van der Waals surface area contributed by atoms with Crippen molar-refractivity contribution in [1.82, 2.24) is 19.9 Å². The molecule has 0 aliphatic carbocycles. The van der Waals surface area contributed by atoms with Gasteiger partial charge in [0.05, 0.1) is 17.1 Å². The van der Waals surface area contributed by atoms with Crippen LogP contribution in [0.25, 0.3) is 22.2 Å². The van der Waals surface area contributed by atoms with Gasteiger partial charge in [-0.05, 0) is 35.7 Å². The van der Waals surface area contributed by atoms with E-state index in [0.29, 0.717) is 5.56 Å². The predicted molar refractivity (Wildman–Crippen MR) is 150 cm³/mol. The van der Waals surface area contributed by atoms with Gasteiger partial charge in [-0.15, -0.1) is 0 Å². The molecule has 3 rings (SSSR count). The van der Waals surface area contributed by atoms with Gasteiger partial charge in [-0.2, -0.15) is 13.2 Å². The van der Waals surface area contributed by atoms with Gasteiger partial charge in [-0.3, -0.25) is 23.9 Å². The quantitative estimate of drug-likeness (QED) is 0.346. The smallest absolute Gasteiger partial charge is 0.404 e. The molecule has 3 aromatic rings. The van der Waals surface area contributed by atoms with Crippen LogP contribution < -0.4 is 22.1 Å². The summed E-state index contributed by atoms with van der Waals surface area (Å²) in [5, 5.41) is 1.85. The first-order valence-electron chi connectivity index (χ1n) is 12.8. The van der Waals surface area contributed by atoms with Crippen molar-refractivity contribution in [3.63, 3.8) is 0 Å². The second-order valence-corrected chi connectivity index (χ2v) is 16.4. The number of H-pyrrole nitrogens is 2. The van der Waals surface area contributed by atoms with E-state index in [0.717, 1.165) is 4.57 Å². The van der Waals surface area contributed by atoms with Crippen LogP contribution in [0.5, 0.6) is 0 Å². The number of benzene rings is 1. The van der Waals surface area contributed by atoms with Crippen LogP contribution in [0.1, 0.15) is 34.6 Å². The summed E-state index contributed by atoms with van der Waals surface area (Å²) in [5.74, 6) is -1.53. The highest BCUT2D eigenvalue weighted by Crippen LogP contribution is 2.41. The monoisotopic (exact) mass is 580 g/mol. The Morgan fingerprint density at radius 2 is 1.65 bits per heavy atom. The normalized spacial score (nSPS) is 14.4. The first-order chi connectivity index (χ1) is 18.3. The van der Waals surface area contributed by atoms with Crippen molar-refractivity contribution in [2.45, 2.75) is 77.6 Å². The van der Waals surface area contributed by atoms with E-state index in [1.54, 1.807) is 57.3 Å². The summed E-state index contributed by atoms with van der Waals surface area (Å²) < 4.78 is 49.9. The molecule has 2 aromatic heterocycles. The molecule has 1 aromatic carbocycles. The first kappa shape index (κ1) is 31.1. The minimum absolute atomic E-state index is 0.0972. The molecule has 0 radical (unpaired) electrons. The van der Waals surface area contributed by atoms with Crippen molar-refractivity contribution in [3.05, 3.63) is 67.6 Å². The standard InChI is InChI=1S/C27H35F3N4O5Si/c1-15(2)20(22(27(28,29)30)39-40(6,7)26(3,4)5)31-19(35)14-34-18(16-11-9-8-10-12-16)13-17-21(24(34)37)32-25(38)33-23(17)36/h8-13,15,20,22H,14H2,1-7H3,(H,31,35)(H2,32,33,36,38). The van der Waals surface area contributed by atoms with E-state index in [2.05, 4.69) is 15.3 Å². The number of hydrogen-bond donors (Lipinski definition) is 3. The molecule has 13 heteroatoms. The molecule has 0 aliphatic rings. The lowest BCUT2D eigenvalue weighted by Crippen LogP contribution is -2.59. The Morgan fingerprint density at radius 1 is 1.05 bits per heavy atom. The number of carbonyl (C=O) groups excluding carboxylic acids is 1. The summed E-state index contributed by atoms with van der Waals surface area (Å²) in [6, 6.07) is 8.32. The van der Waals surface area contributed by atoms with Crippen molar-refractivity contribution < 1.29 is 22.4 Å². The molecule has 0 saturated carbocycles. The molecule has 0 spiro atoms.